The third kappa shape index (κ3) is 3.82. The molecule has 1 aromatic rings. The molecule has 0 N–H and O–H groups in total. The second-order valence-corrected chi connectivity index (χ2v) is 8.87. The number of urea groups is 1. The van der Waals surface area contributed by atoms with Gasteiger partial charge in [-0.25, -0.2) is 4.79 Å². The number of nitrogens with zero attached hydrogens (tertiary/aromatic N) is 4. The van der Waals surface area contributed by atoms with Crippen molar-refractivity contribution in [2.75, 3.05) is 26.2 Å². The van der Waals surface area contributed by atoms with Crippen LogP contribution in [0.15, 0.2) is 18.5 Å². The van der Waals surface area contributed by atoms with Crippen molar-refractivity contribution in [3.8, 4) is 0 Å². The Hall–Kier alpha value is -2.44. The van der Waals surface area contributed by atoms with Crippen molar-refractivity contribution in [3.63, 3.8) is 0 Å². The third-order valence-electron chi connectivity index (χ3n) is 4.97. The smallest absolute Gasteiger partial charge is 0.327 e. The van der Waals surface area contributed by atoms with Crippen LogP contribution < -0.4 is 0 Å². The lowest BCUT2D eigenvalue weighted by Crippen LogP contribution is -2.44. The number of amides is 4. The molecule has 1 aromatic heterocycles. The lowest BCUT2D eigenvalue weighted by atomic mass is 9.92. The van der Waals surface area contributed by atoms with Gasteiger partial charge in [-0.1, -0.05) is 27.7 Å². The number of carbonyl (C=O) groups excluding carboxylic acids is 3. The van der Waals surface area contributed by atoms with E-state index >= 15 is 0 Å². The van der Waals surface area contributed by atoms with E-state index in [4.69, 9.17) is 0 Å². The van der Waals surface area contributed by atoms with E-state index in [1.165, 1.54) is 4.90 Å². The van der Waals surface area contributed by atoms with Crippen molar-refractivity contribution in [1.82, 2.24) is 19.7 Å². The zero-order valence-corrected chi connectivity index (χ0v) is 16.7. The van der Waals surface area contributed by atoms with Gasteiger partial charge in [0, 0.05) is 37.4 Å². The molecule has 2 fully saturated rings. The van der Waals surface area contributed by atoms with Crippen LogP contribution in [0.2, 0.25) is 0 Å². The molecular weight excluding hydrogens is 344 g/mol. The molecule has 1 unspecified atom stereocenters. The summed E-state index contributed by atoms with van der Waals surface area (Å²) in [6.07, 6.45) is 3.26. The van der Waals surface area contributed by atoms with Gasteiger partial charge in [-0.3, -0.25) is 19.5 Å². The van der Waals surface area contributed by atoms with Gasteiger partial charge in [-0.15, -0.1) is 0 Å². The van der Waals surface area contributed by atoms with E-state index in [9.17, 15) is 14.4 Å². The summed E-state index contributed by atoms with van der Waals surface area (Å²) >= 11 is 0. The molecule has 0 radical (unpaired) electrons. The van der Waals surface area contributed by atoms with Crippen LogP contribution in [-0.4, -0.2) is 69.8 Å². The summed E-state index contributed by atoms with van der Waals surface area (Å²) in [5, 5.41) is 0. The van der Waals surface area contributed by atoms with E-state index in [1.807, 2.05) is 34.6 Å². The fourth-order valence-electron chi connectivity index (χ4n) is 3.89. The molecule has 27 heavy (non-hydrogen) atoms. The molecule has 2 aliphatic heterocycles. The van der Waals surface area contributed by atoms with Crippen molar-refractivity contribution < 1.29 is 14.4 Å². The molecule has 7 heteroatoms. The monoisotopic (exact) mass is 372 g/mol. The quantitative estimate of drug-likeness (QED) is 0.762. The number of pyridine rings is 1. The first-order valence-electron chi connectivity index (χ1n) is 9.42. The molecule has 2 saturated heterocycles. The van der Waals surface area contributed by atoms with Gasteiger partial charge < -0.3 is 9.80 Å². The minimum Gasteiger partial charge on any atom is -0.335 e. The summed E-state index contributed by atoms with van der Waals surface area (Å²) in [6.45, 7) is 11.4. The highest BCUT2D eigenvalue weighted by atomic mass is 16.2. The van der Waals surface area contributed by atoms with Crippen LogP contribution in [0.3, 0.4) is 0 Å². The number of hydrogen-bond acceptors (Lipinski definition) is 4. The maximum Gasteiger partial charge on any atom is 0.327 e. The molecule has 1 atom stereocenters. The van der Waals surface area contributed by atoms with E-state index in [0.717, 1.165) is 5.56 Å². The number of fused-ring (bicyclic) bond motifs is 1. The standard InChI is InChI=1S/C20H28N4O3/c1-13(2)9-23-18(26)16-10-22(11-20(4,5)12-24(16)19(23)27)17(25)15-6-14(3)7-21-8-15/h6-8,13,16H,9-12H2,1-5H3. The maximum absolute atomic E-state index is 13.1. The van der Waals surface area contributed by atoms with E-state index < -0.39 is 6.04 Å². The molecule has 2 aliphatic rings. The van der Waals surface area contributed by atoms with Crippen LogP contribution >= 0.6 is 0 Å². The minimum atomic E-state index is -0.611. The third-order valence-corrected chi connectivity index (χ3v) is 4.97. The molecule has 0 spiro atoms. The van der Waals surface area contributed by atoms with Crippen molar-refractivity contribution >= 4 is 17.8 Å². The molecule has 0 bridgehead atoms. The Labute approximate surface area is 160 Å². The second kappa shape index (κ2) is 6.94. The summed E-state index contributed by atoms with van der Waals surface area (Å²) in [5.41, 5.74) is 1.10. The highest BCUT2D eigenvalue weighted by Gasteiger charge is 2.50. The molecular formula is C20H28N4O3. The number of rotatable bonds is 3. The first-order valence-corrected chi connectivity index (χ1v) is 9.42. The lowest BCUT2D eigenvalue weighted by molar-refractivity contribution is -0.128. The van der Waals surface area contributed by atoms with Crippen LogP contribution in [0.4, 0.5) is 4.79 Å². The van der Waals surface area contributed by atoms with Crippen LogP contribution in [-0.2, 0) is 4.79 Å². The predicted octanol–water partition coefficient (Wildman–Crippen LogP) is 2.16. The fourth-order valence-corrected chi connectivity index (χ4v) is 3.89. The summed E-state index contributed by atoms with van der Waals surface area (Å²) in [7, 11) is 0. The summed E-state index contributed by atoms with van der Waals surface area (Å²) in [5.74, 6) is -0.152. The number of aromatic nitrogens is 1. The average molecular weight is 372 g/mol. The first kappa shape index (κ1) is 19.3. The Bertz CT molecular complexity index is 774. The number of imide groups is 1. The van der Waals surface area contributed by atoms with Gasteiger partial charge in [0.05, 0.1) is 12.1 Å². The molecule has 3 heterocycles. The van der Waals surface area contributed by atoms with Crippen LogP contribution in [0.5, 0.6) is 0 Å². The van der Waals surface area contributed by atoms with Gasteiger partial charge in [-0.2, -0.15) is 0 Å². The van der Waals surface area contributed by atoms with Crippen molar-refractivity contribution in [1.29, 1.82) is 0 Å². The number of aryl methyl sites for hydroxylation is 1. The van der Waals surface area contributed by atoms with Crippen molar-refractivity contribution in [2.24, 2.45) is 11.3 Å². The largest absolute Gasteiger partial charge is 0.335 e. The van der Waals surface area contributed by atoms with Gasteiger partial charge in [0.15, 0.2) is 0 Å². The molecule has 146 valence electrons. The lowest BCUT2D eigenvalue weighted by Gasteiger charge is -2.31. The topological polar surface area (TPSA) is 73.8 Å². The van der Waals surface area contributed by atoms with Crippen LogP contribution in [0, 0.1) is 18.3 Å². The van der Waals surface area contributed by atoms with E-state index in [1.54, 1.807) is 28.3 Å². The highest BCUT2D eigenvalue weighted by molar-refractivity contribution is 6.05. The zero-order chi connectivity index (χ0) is 19.9. The van der Waals surface area contributed by atoms with Gasteiger partial charge in [0.25, 0.3) is 11.8 Å². The fraction of sp³-hybridized carbons (Fsp3) is 0.600. The van der Waals surface area contributed by atoms with E-state index in [-0.39, 0.29) is 35.7 Å². The minimum absolute atomic E-state index is 0.149. The summed E-state index contributed by atoms with van der Waals surface area (Å²) < 4.78 is 0. The van der Waals surface area contributed by atoms with Crippen molar-refractivity contribution in [2.45, 2.75) is 40.7 Å². The van der Waals surface area contributed by atoms with E-state index in [0.29, 0.717) is 25.2 Å². The molecule has 7 nitrogen and oxygen atoms in total. The van der Waals surface area contributed by atoms with Gasteiger partial charge in [-0.05, 0) is 24.5 Å². The summed E-state index contributed by atoms with van der Waals surface area (Å²) in [6, 6.07) is 0.954. The Kier molecular flexibility index (Phi) is 4.97. The van der Waals surface area contributed by atoms with Crippen LogP contribution in [0.25, 0.3) is 0 Å². The predicted molar refractivity (Wildman–Crippen MR) is 101 cm³/mol. The van der Waals surface area contributed by atoms with Crippen molar-refractivity contribution in [3.05, 3.63) is 29.6 Å². The Morgan fingerprint density at radius 2 is 1.96 bits per heavy atom. The molecule has 0 saturated carbocycles. The van der Waals surface area contributed by atoms with Gasteiger partial charge >= 0.3 is 6.03 Å². The Balaban J connectivity index is 1.90. The van der Waals surface area contributed by atoms with Crippen LogP contribution in [0.1, 0.15) is 43.6 Å². The Morgan fingerprint density at radius 3 is 2.59 bits per heavy atom. The highest BCUT2D eigenvalue weighted by Crippen LogP contribution is 2.31. The first-order chi connectivity index (χ1) is 12.6. The zero-order valence-electron chi connectivity index (χ0n) is 16.7. The average Bonchev–Trinajstić information content (AvgIpc) is 2.72. The number of carbonyl (C=O) groups is 3. The SMILES string of the molecule is Cc1cncc(C(=O)N2CC3C(=O)N(CC(C)C)C(=O)N3CC(C)(C)C2)c1. The molecule has 3 rings (SSSR count). The normalized spacial score (nSPS) is 22.3. The van der Waals surface area contributed by atoms with Gasteiger partial charge in [0.1, 0.15) is 6.04 Å². The maximum atomic E-state index is 13.1. The summed E-state index contributed by atoms with van der Waals surface area (Å²) in [4.78, 5) is 47.6. The number of hydrogen-bond donors (Lipinski definition) is 0. The second-order valence-electron chi connectivity index (χ2n) is 8.87. The van der Waals surface area contributed by atoms with E-state index in [2.05, 4.69) is 4.98 Å². The molecule has 0 aliphatic carbocycles. The molecule has 4 amide bonds. The molecule has 0 aromatic carbocycles. The van der Waals surface area contributed by atoms with Gasteiger partial charge in [0.2, 0.25) is 0 Å². The Morgan fingerprint density at radius 1 is 1.26 bits per heavy atom.